The number of benzene rings is 2. The van der Waals surface area contributed by atoms with E-state index in [1.807, 2.05) is 30.3 Å². The lowest BCUT2D eigenvalue weighted by molar-refractivity contribution is -0.115. The van der Waals surface area contributed by atoms with Crippen molar-refractivity contribution in [1.82, 2.24) is 10.2 Å². The van der Waals surface area contributed by atoms with Gasteiger partial charge < -0.3 is 10.6 Å². The standard InChI is InChI=1S/C19H17FN4OS2/c1-2-12-21-18-23-24-19(27-18)26-16(13-6-4-3-5-7-13)17(25)22-15-10-8-14(20)9-11-15/h2-11,16H,1,12H2,(H,21,23)(H,22,25)/t16-/m1/s1. The number of hydrogen-bond donors (Lipinski definition) is 2. The molecule has 0 fully saturated rings. The minimum atomic E-state index is -0.517. The molecular formula is C19H17FN4OS2. The van der Waals surface area contributed by atoms with Gasteiger partial charge in [-0.3, -0.25) is 4.79 Å². The van der Waals surface area contributed by atoms with Crippen LogP contribution in [0.4, 0.5) is 15.2 Å². The Morgan fingerprint density at radius 2 is 1.93 bits per heavy atom. The van der Waals surface area contributed by atoms with Gasteiger partial charge in [0.15, 0.2) is 4.34 Å². The van der Waals surface area contributed by atoms with Crippen molar-refractivity contribution < 1.29 is 9.18 Å². The molecule has 138 valence electrons. The third-order valence-electron chi connectivity index (χ3n) is 3.47. The molecule has 1 heterocycles. The van der Waals surface area contributed by atoms with E-state index in [1.54, 1.807) is 6.08 Å². The van der Waals surface area contributed by atoms with E-state index in [0.29, 0.717) is 21.7 Å². The van der Waals surface area contributed by atoms with Crippen molar-refractivity contribution in [2.24, 2.45) is 0 Å². The molecule has 0 saturated carbocycles. The average molecular weight is 401 g/mol. The van der Waals surface area contributed by atoms with E-state index in [4.69, 9.17) is 0 Å². The number of anilines is 2. The number of carbonyl (C=O) groups excluding carboxylic acids is 1. The minimum Gasteiger partial charge on any atom is -0.357 e. The number of aromatic nitrogens is 2. The second kappa shape index (κ2) is 9.29. The van der Waals surface area contributed by atoms with Crippen molar-refractivity contribution in [3.63, 3.8) is 0 Å². The first-order chi connectivity index (χ1) is 13.2. The molecule has 3 aromatic rings. The quantitative estimate of drug-likeness (QED) is 0.422. The number of rotatable bonds is 8. The summed E-state index contributed by atoms with van der Waals surface area (Å²) in [4.78, 5) is 12.9. The Hall–Kier alpha value is -2.71. The van der Waals surface area contributed by atoms with Crippen LogP contribution in [-0.4, -0.2) is 22.6 Å². The summed E-state index contributed by atoms with van der Waals surface area (Å²) in [5.74, 6) is -0.566. The Kier molecular flexibility index (Phi) is 6.56. The molecule has 0 bridgehead atoms. The average Bonchev–Trinajstić information content (AvgIpc) is 3.14. The van der Waals surface area contributed by atoms with Gasteiger partial charge >= 0.3 is 0 Å². The fraction of sp³-hybridized carbons (Fsp3) is 0.105. The lowest BCUT2D eigenvalue weighted by Crippen LogP contribution is -2.19. The first kappa shape index (κ1) is 19.1. The van der Waals surface area contributed by atoms with Crippen molar-refractivity contribution in [3.8, 4) is 0 Å². The summed E-state index contributed by atoms with van der Waals surface area (Å²) in [5.41, 5.74) is 1.38. The fourth-order valence-corrected chi connectivity index (χ4v) is 4.18. The Balaban J connectivity index is 1.78. The van der Waals surface area contributed by atoms with Crippen LogP contribution in [0.15, 0.2) is 71.6 Å². The molecular weight excluding hydrogens is 383 g/mol. The molecule has 0 aliphatic heterocycles. The Bertz CT molecular complexity index is 900. The summed E-state index contributed by atoms with van der Waals surface area (Å²) in [6.07, 6.45) is 1.73. The highest BCUT2D eigenvalue weighted by atomic mass is 32.2. The zero-order chi connectivity index (χ0) is 19.1. The van der Waals surface area contributed by atoms with Crippen molar-refractivity contribution in [3.05, 3.63) is 78.6 Å². The van der Waals surface area contributed by atoms with Crippen molar-refractivity contribution in [1.29, 1.82) is 0 Å². The number of hydrogen-bond acceptors (Lipinski definition) is 6. The first-order valence-corrected chi connectivity index (χ1v) is 9.81. The number of halogens is 1. The van der Waals surface area contributed by atoms with Gasteiger partial charge in [-0.25, -0.2) is 4.39 Å². The minimum absolute atomic E-state index is 0.214. The number of thioether (sulfide) groups is 1. The van der Waals surface area contributed by atoms with E-state index in [9.17, 15) is 9.18 Å². The SMILES string of the molecule is C=CCNc1nnc(S[C@@H](C(=O)Nc2ccc(F)cc2)c2ccccc2)s1. The molecule has 1 aromatic heterocycles. The molecule has 27 heavy (non-hydrogen) atoms. The predicted molar refractivity (Wildman–Crippen MR) is 109 cm³/mol. The molecule has 2 aromatic carbocycles. The van der Waals surface area contributed by atoms with Gasteiger partial charge in [0.1, 0.15) is 11.1 Å². The van der Waals surface area contributed by atoms with Crippen molar-refractivity contribution >= 4 is 39.8 Å². The third-order valence-corrected chi connectivity index (χ3v) is 5.69. The van der Waals surface area contributed by atoms with Crippen molar-refractivity contribution in [2.45, 2.75) is 9.59 Å². The van der Waals surface area contributed by atoms with Crippen LogP contribution < -0.4 is 10.6 Å². The summed E-state index contributed by atoms with van der Waals surface area (Å²) in [5, 5.41) is 14.3. The van der Waals surface area contributed by atoms with Gasteiger partial charge in [0, 0.05) is 12.2 Å². The Morgan fingerprint density at radius 1 is 1.19 bits per heavy atom. The molecule has 0 radical (unpaired) electrons. The highest BCUT2D eigenvalue weighted by molar-refractivity contribution is 8.02. The summed E-state index contributed by atoms with van der Waals surface area (Å²) >= 11 is 2.69. The molecule has 1 amide bonds. The van der Waals surface area contributed by atoms with Crippen LogP contribution in [0.5, 0.6) is 0 Å². The van der Waals surface area contributed by atoms with Gasteiger partial charge in [-0.1, -0.05) is 59.5 Å². The second-order valence-electron chi connectivity index (χ2n) is 5.45. The van der Waals surface area contributed by atoms with Crippen LogP contribution in [-0.2, 0) is 4.79 Å². The van der Waals surface area contributed by atoms with Crippen LogP contribution in [0, 0.1) is 5.82 Å². The van der Waals surface area contributed by atoms with E-state index < -0.39 is 5.25 Å². The van der Waals surface area contributed by atoms with Gasteiger partial charge in [-0.2, -0.15) is 0 Å². The summed E-state index contributed by atoms with van der Waals surface area (Å²) < 4.78 is 13.8. The number of nitrogens with one attached hydrogen (secondary N) is 2. The largest absolute Gasteiger partial charge is 0.357 e. The summed E-state index contributed by atoms with van der Waals surface area (Å²) in [6.45, 7) is 4.24. The van der Waals surface area contributed by atoms with Gasteiger partial charge in [-0.05, 0) is 29.8 Å². The Labute approximate surface area is 164 Å². The van der Waals surface area contributed by atoms with Crippen LogP contribution in [0.2, 0.25) is 0 Å². The van der Waals surface area contributed by atoms with E-state index in [0.717, 1.165) is 5.56 Å². The van der Waals surface area contributed by atoms with Gasteiger partial charge in [0.25, 0.3) is 0 Å². The van der Waals surface area contributed by atoms with Crippen LogP contribution in [0.1, 0.15) is 10.8 Å². The van der Waals surface area contributed by atoms with Crippen LogP contribution in [0.3, 0.4) is 0 Å². The second-order valence-corrected chi connectivity index (χ2v) is 7.78. The number of nitrogens with zero attached hydrogens (tertiary/aromatic N) is 2. The maximum atomic E-state index is 13.1. The lowest BCUT2D eigenvalue weighted by atomic mass is 10.1. The number of amides is 1. The topological polar surface area (TPSA) is 66.9 Å². The molecule has 5 nitrogen and oxygen atoms in total. The van der Waals surface area contributed by atoms with E-state index >= 15 is 0 Å². The van der Waals surface area contributed by atoms with Crippen molar-refractivity contribution in [2.75, 3.05) is 17.2 Å². The normalized spacial score (nSPS) is 11.6. The monoisotopic (exact) mass is 400 g/mol. The summed E-state index contributed by atoms with van der Waals surface area (Å²) in [6, 6.07) is 15.1. The lowest BCUT2D eigenvalue weighted by Gasteiger charge is -2.15. The predicted octanol–water partition coefficient (Wildman–Crippen LogP) is 4.75. The van der Waals surface area contributed by atoms with E-state index in [2.05, 4.69) is 27.4 Å². The molecule has 0 unspecified atom stereocenters. The molecule has 3 rings (SSSR count). The third kappa shape index (κ3) is 5.38. The summed E-state index contributed by atoms with van der Waals surface area (Å²) in [7, 11) is 0. The maximum Gasteiger partial charge on any atom is 0.242 e. The van der Waals surface area contributed by atoms with Gasteiger partial charge in [-0.15, -0.1) is 16.8 Å². The first-order valence-electron chi connectivity index (χ1n) is 8.12. The smallest absolute Gasteiger partial charge is 0.242 e. The molecule has 8 heteroatoms. The van der Waals surface area contributed by atoms with Gasteiger partial charge in [0.2, 0.25) is 11.0 Å². The van der Waals surface area contributed by atoms with Crippen LogP contribution in [0.25, 0.3) is 0 Å². The zero-order valence-corrected chi connectivity index (χ0v) is 15.9. The van der Waals surface area contributed by atoms with E-state index in [1.165, 1.54) is 47.4 Å². The van der Waals surface area contributed by atoms with E-state index in [-0.39, 0.29) is 11.7 Å². The van der Waals surface area contributed by atoms with Gasteiger partial charge in [0.05, 0.1) is 0 Å². The highest BCUT2D eigenvalue weighted by Gasteiger charge is 2.24. The molecule has 2 N–H and O–H groups in total. The fourth-order valence-electron chi connectivity index (χ4n) is 2.23. The number of carbonyl (C=O) groups is 1. The Morgan fingerprint density at radius 3 is 2.63 bits per heavy atom. The molecule has 1 atom stereocenters. The highest BCUT2D eigenvalue weighted by Crippen LogP contribution is 2.38. The molecule has 0 spiro atoms. The van der Waals surface area contributed by atoms with Crippen LogP contribution >= 0.6 is 23.1 Å². The molecule has 0 aliphatic rings. The zero-order valence-electron chi connectivity index (χ0n) is 14.3. The molecule has 0 saturated heterocycles. The molecule has 0 aliphatic carbocycles. The maximum absolute atomic E-state index is 13.1.